The first-order valence-corrected chi connectivity index (χ1v) is 10.3. The van der Waals surface area contributed by atoms with E-state index < -0.39 is 18.0 Å². The molecule has 8 nitrogen and oxygen atoms in total. The molecule has 2 heterocycles. The normalized spacial score (nSPS) is 19.1. The minimum atomic E-state index is -0.655. The second-order valence-electron chi connectivity index (χ2n) is 7.48. The Morgan fingerprint density at radius 1 is 1.13 bits per heavy atom. The lowest BCUT2D eigenvalue weighted by Gasteiger charge is -2.30. The van der Waals surface area contributed by atoms with Crippen molar-refractivity contribution in [2.24, 2.45) is 0 Å². The summed E-state index contributed by atoms with van der Waals surface area (Å²) in [5.74, 6) is -0.791. The van der Waals surface area contributed by atoms with Crippen LogP contribution in [0, 0.1) is 0 Å². The lowest BCUT2D eigenvalue weighted by atomic mass is 9.95. The molecule has 158 valence electrons. The zero-order valence-corrected chi connectivity index (χ0v) is 17.6. The molecule has 0 spiro atoms. The van der Waals surface area contributed by atoms with E-state index in [1.807, 2.05) is 12.1 Å². The van der Waals surface area contributed by atoms with Gasteiger partial charge in [0.15, 0.2) is 0 Å². The van der Waals surface area contributed by atoms with E-state index >= 15 is 0 Å². The van der Waals surface area contributed by atoms with E-state index in [-0.39, 0.29) is 11.9 Å². The number of methoxy groups -OCH3 is 1. The lowest BCUT2D eigenvalue weighted by molar-refractivity contribution is -0.146. The molecule has 1 aromatic carbocycles. The molecule has 4 rings (SSSR count). The molecule has 30 heavy (non-hydrogen) atoms. The van der Waals surface area contributed by atoms with E-state index in [1.165, 1.54) is 18.2 Å². The molecular formula is C21H23ClN4O4. The number of carbonyl (C=O) groups is 2. The Kier molecular flexibility index (Phi) is 5.76. The van der Waals surface area contributed by atoms with Crippen molar-refractivity contribution >= 4 is 29.5 Å². The molecular weight excluding hydrogens is 408 g/mol. The van der Waals surface area contributed by atoms with Crippen molar-refractivity contribution in [2.75, 3.05) is 12.4 Å². The van der Waals surface area contributed by atoms with Crippen LogP contribution in [0.25, 0.3) is 0 Å². The number of allylic oxidation sites excluding steroid dienone is 1. The maximum atomic E-state index is 13.2. The molecule has 1 fully saturated rings. The maximum absolute atomic E-state index is 13.2. The van der Waals surface area contributed by atoms with Gasteiger partial charge in [0.05, 0.1) is 12.7 Å². The van der Waals surface area contributed by atoms with Gasteiger partial charge in [-0.3, -0.25) is 0 Å². The van der Waals surface area contributed by atoms with Crippen molar-refractivity contribution in [2.45, 2.75) is 51.2 Å². The van der Waals surface area contributed by atoms with E-state index in [1.54, 1.807) is 19.1 Å². The maximum Gasteiger partial charge on any atom is 0.378 e. The lowest BCUT2D eigenvalue weighted by Crippen LogP contribution is -2.32. The molecule has 9 heteroatoms. The third-order valence-corrected chi connectivity index (χ3v) is 5.70. The van der Waals surface area contributed by atoms with Gasteiger partial charge in [-0.25, -0.2) is 14.3 Å². The smallest absolute Gasteiger partial charge is 0.378 e. The van der Waals surface area contributed by atoms with Gasteiger partial charge in [0.25, 0.3) is 5.82 Å². The fourth-order valence-electron chi connectivity index (χ4n) is 3.94. The number of fused-ring (bicyclic) bond motifs is 1. The number of esters is 2. The average Bonchev–Trinajstić information content (AvgIpc) is 3.17. The van der Waals surface area contributed by atoms with Crippen LogP contribution in [0.4, 0.5) is 5.95 Å². The molecule has 0 saturated heterocycles. The van der Waals surface area contributed by atoms with E-state index in [4.69, 9.17) is 21.1 Å². The molecule has 1 aliphatic carbocycles. The van der Waals surface area contributed by atoms with Gasteiger partial charge in [0.2, 0.25) is 5.95 Å². The number of hydrogen-bond acceptors (Lipinski definition) is 7. The van der Waals surface area contributed by atoms with Crippen molar-refractivity contribution in [1.82, 2.24) is 14.8 Å². The Morgan fingerprint density at radius 2 is 1.83 bits per heavy atom. The fraction of sp³-hybridized carbons (Fsp3) is 0.429. The molecule has 0 unspecified atom stereocenters. The Balaban J connectivity index is 1.74. The van der Waals surface area contributed by atoms with Gasteiger partial charge in [-0.2, -0.15) is 4.98 Å². The van der Waals surface area contributed by atoms with Crippen LogP contribution in [0.5, 0.6) is 0 Å². The summed E-state index contributed by atoms with van der Waals surface area (Å²) < 4.78 is 12.1. The second kappa shape index (κ2) is 8.47. The highest BCUT2D eigenvalue weighted by atomic mass is 35.5. The highest BCUT2D eigenvalue weighted by molar-refractivity contribution is 6.30. The predicted octanol–water partition coefficient (Wildman–Crippen LogP) is 3.88. The molecule has 0 radical (unpaired) electrons. The number of aromatic nitrogens is 3. The number of hydrogen-bond donors (Lipinski definition) is 1. The largest absolute Gasteiger partial charge is 0.463 e. The zero-order chi connectivity index (χ0) is 21.3. The van der Waals surface area contributed by atoms with E-state index in [9.17, 15) is 9.59 Å². The van der Waals surface area contributed by atoms with Crippen molar-refractivity contribution < 1.29 is 19.1 Å². The Hall–Kier alpha value is -2.87. The third-order valence-electron chi connectivity index (χ3n) is 5.45. The van der Waals surface area contributed by atoms with Gasteiger partial charge < -0.3 is 14.8 Å². The van der Waals surface area contributed by atoms with Crippen molar-refractivity contribution in [1.29, 1.82) is 0 Å². The minimum absolute atomic E-state index is 0.0832. The summed E-state index contributed by atoms with van der Waals surface area (Å²) in [5, 5.41) is 7.96. The topological polar surface area (TPSA) is 95.3 Å². The van der Waals surface area contributed by atoms with Gasteiger partial charge in [-0.15, -0.1) is 5.10 Å². The molecule has 2 aromatic rings. The summed E-state index contributed by atoms with van der Waals surface area (Å²) in [7, 11) is 1.27. The molecule has 2 aliphatic rings. The van der Waals surface area contributed by atoms with Crippen LogP contribution in [0.15, 0.2) is 35.5 Å². The van der Waals surface area contributed by atoms with Crippen molar-refractivity contribution in [3.8, 4) is 0 Å². The highest BCUT2D eigenvalue weighted by Gasteiger charge is 2.37. The van der Waals surface area contributed by atoms with Gasteiger partial charge in [0, 0.05) is 10.7 Å². The zero-order valence-electron chi connectivity index (χ0n) is 16.9. The predicted molar refractivity (Wildman–Crippen MR) is 110 cm³/mol. The number of carbonyl (C=O) groups excluding carboxylic acids is 2. The van der Waals surface area contributed by atoms with Gasteiger partial charge in [0.1, 0.15) is 12.1 Å². The molecule has 0 amide bonds. The summed E-state index contributed by atoms with van der Waals surface area (Å²) in [6.07, 6.45) is 4.95. The number of nitrogens with zero attached hydrogens (tertiary/aromatic N) is 3. The SMILES string of the molecule is COC(=O)c1nc2n(n1)[C@@H](c1ccc(Cl)cc1)C(C(=O)OC1CCCCC1)=C(C)N2. The number of anilines is 1. The van der Waals surface area contributed by atoms with Crippen LogP contribution in [0.3, 0.4) is 0 Å². The van der Waals surface area contributed by atoms with Gasteiger partial charge in [-0.1, -0.05) is 30.2 Å². The number of benzene rings is 1. The molecule has 1 aromatic heterocycles. The third kappa shape index (κ3) is 3.92. The summed E-state index contributed by atoms with van der Waals surface area (Å²) in [5.41, 5.74) is 1.81. The van der Waals surface area contributed by atoms with E-state index in [0.29, 0.717) is 22.2 Å². The molecule has 1 saturated carbocycles. The Labute approximate surface area is 179 Å². The number of halogens is 1. The second-order valence-corrected chi connectivity index (χ2v) is 7.91. The number of nitrogens with one attached hydrogen (secondary N) is 1. The van der Waals surface area contributed by atoms with Gasteiger partial charge in [-0.05, 0) is 50.3 Å². The molecule has 1 N–H and O–H groups in total. The first-order valence-electron chi connectivity index (χ1n) is 9.97. The first kappa shape index (κ1) is 20.4. The van der Waals surface area contributed by atoms with Crippen molar-refractivity contribution in [3.63, 3.8) is 0 Å². The molecule has 0 bridgehead atoms. The minimum Gasteiger partial charge on any atom is -0.463 e. The summed E-state index contributed by atoms with van der Waals surface area (Å²) in [6, 6.07) is 6.53. The van der Waals surface area contributed by atoms with E-state index in [2.05, 4.69) is 15.4 Å². The van der Waals surface area contributed by atoms with Gasteiger partial charge >= 0.3 is 11.9 Å². The van der Waals surface area contributed by atoms with E-state index in [0.717, 1.165) is 31.2 Å². The standard InChI is InChI=1S/C21H23ClN4O4/c1-12-16(19(27)30-15-6-4-3-5-7-15)17(13-8-10-14(22)11-9-13)26-21(23-12)24-18(25-26)20(28)29-2/h8-11,15,17H,3-7H2,1-2H3,(H,23,24,25)/t17-/m0/s1. The van der Waals surface area contributed by atoms with Crippen molar-refractivity contribution in [3.05, 3.63) is 51.9 Å². The van der Waals surface area contributed by atoms with Crippen LogP contribution < -0.4 is 5.32 Å². The Bertz CT molecular complexity index is 993. The summed E-state index contributed by atoms with van der Waals surface area (Å²) in [4.78, 5) is 29.4. The van der Waals surface area contributed by atoms with Crippen LogP contribution in [-0.2, 0) is 14.3 Å². The highest BCUT2D eigenvalue weighted by Crippen LogP contribution is 2.37. The molecule has 1 atom stereocenters. The average molecular weight is 431 g/mol. The quantitative estimate of drug-likeness (QED) is 0.735. The van der Waals surface area contributed by atoms with Crippen LogP contribution in [0.1, 0.15) is 61.3 Å². The van der Waals surface area contributed by atoms with Crippen LogP contribution >= 0.6 is 11.6 Å². The first-order chi connectivity index (χ1) is 14.5. The summed E-state index contributed by atoms with van der Waals surface area (Å²) >= 11 is 6.06. The summed E-state index contributed by atoms with van der Waals surface area (Å²) in [6.45, 7) is 1.79. The Morgan fingerprint density at radius 3 is 2.50 bits per heavy atom. The number of ether oxygens (including phenoxy) is 2. The number of rotatable bonds is 4. The molecule has 1 aliphatic heterocycles. The fourth-order valence-corrected chi connectivity index (χ4v) is 4.07. The van der Waals surface area contributed by atoms with Crippen LogP contribution in [0.2, 0.25) is 5.02 Å². The monoisotopic (exact) mass is 430 g/mol. The van der Waals surface area contributed by atoms with Crippen LogP contribution in [-0.4, -0.2) is 39.9 Å².